The summed E-state index contributed by atoms with van der Waals surface area (Å²) in [7, 11) is 0. The third kappa shape index (κ3) is 2.85. The number of fused-ring (bicyclic) bond motifs is 1. The molecule has 1 heterocycles. The van der Waals surface area contributed by atoms with Crippen LogP contribution < -0.4 is 0 Å². The molecule has 1 aromatic heterocycles. The maximum absolute atomic E-state index is 14.7. The first-order valence-corrected chi connectivity index (χ1v) is 8.39. The highest BCUT2D eigenvalue weighted by Crippen LogP contribution is 2.32. The number of aryl methyl sites for hydroxylation is 3. The molecule has 0 fully saturated rings. The Bertz CT molecular complexity index is 1090. The van der Waals surface area contributed by atoms with Gasteiger partial charge in [0.25, 0.3) is 0 Å². The van der Waals surface area contributed by atoms with E-state index in [-0.39, 0.29) is 5.82 Å². The number of furan rings is 1. The molecule has 0 bridgehead atoms. The highest BCUT2D eigenvalue weighted by atomic mass is 19.1. The molecule has 0 radical (unpaired) electrons. The minimum absolute atomic E-state index is 0.272. The predicted octanol–water partition coefficient (Wildman–Crippen LogP) is 6.83. The monoisotopic (exact) mass is 330 g/mol. The normalized spacial score (nSPS) is 11.2. The minimum Gasteiger partial charge on any atom is -0.456 e. The summed E-state index contributed by atoms with van der Waals surface area (Å²) in [5.41, 5.74) is 6.75. The predicted molar refractivity (Wildman–Crippen MR) is 101 cm³/mol. The molecule has 0 amide bonds. The van der Waals surface area contributed by atoms with Crippen molar-refractivity contribution >= 4 is 11.0 Å². The maximum atomic E-state index is 14.7. The van der Waals surface area contributed by atoms with Crippen molar-refractivity contribution in [2.75, 3.05) is 0 Å². The Hall–Kier alpha value is -2.87. The first kappa shape index (κ1) is 15.6. The van der Waals surface area contributed by atoms with Crippen molar-refractivity contribution < 1.29 is 8.81 Å². The van der Waals surface area contributed by atoms with E-state index in [2.05, 4.69) is 26.0 Å². The van der Waals surface area contributed by atoms with Crippen LogP contribution in [-0.2, 0) is 0 Å². The Morgan fingerprint density at radius 1 is 0.720 bits per heavy atom. The quantitative estimate of drug-likeness (QED) is 0.392. The van der Waals surface area contributed by atoms with Crippen LogP contribution in [0.2, 0.25) is 0 Å². The van der Waals surface area contributed by atoms with Gasteiger partial charge in [0.05, 0.1) is 5.56 Å². The van der Waals surface area contributed by atoms with Crippen molar-refractivity contribution in [2.45, 2.75) is 20.8 Å². The molecule has 2 heteroatoms. The number of benzene rings is 3. The van der Waals surface area contributed by atoms with Gasteiger partial charge in [0, 0.05) is 5.39 Å². The molecule has 0 aliphatic heterocycles. The Kier molecular flexibility index (Phi) is 3.69. The van der Waals surface area contributed by atoms with E-state index in [0.717, 1.165) is 27.7 Å². The fourth-order valence-corrected chi connectivity index (χ4v) is 3.11. The van der Waals surface area contributed by atoms with Gasteiger partial charge in [-0.25, -0.2) is 4.39 Å². The molecular weight excluding hydrogens is 311 g/mol. The standard InChI is InChI=1S/C23H19FO/c1-14-4-9-22-19(10-14)13-23(25-22)20-8-7-18(12-21(20)24)17-6-5-15(2)16(3)11-17/h4-13H,1-3H3. The van der Waals surface area contributed by atoms with E-state index in [4.69, 9.17) is 4.42 Å². The highest BCUT2D eigenvalue weighted by molar-refractivity contribution is 5.84. The van der Waals surface area contributed by atoms with Gasteiger partial charge >= 0.3 is 0 Å². The molecule has 0 atom stereocenters. The van der Waals surface area contributed by atoms with Crippen LogP contribution in [0.3, 0.4) is 0 Å². The van der Waals surface area contributed by atoms with E-state index >= 15 is 0 Å². The molecular formula is C23H19FO. The van der Waals surface area contributed by atoms with Crippen molar-refractivity contribution in [3.8, 4) is 22.5 Å². The minimum atomic E-state index is -0.272. The van der Waals surface area contributed by atoms with Gasteiger partial charge in [-0.15, -0.1) is 0 Å². The lowest BCUT2D eigenvalue weighted by Gasteiger charge is -2.07. The van der Waals surface area contributed by atoms with Gasteiger partial charge in [0.15, 0.2) is 0 Å². The Balaban J connectivity index is 1.77. The van der Waals surface area contributed by atoms with Gasteiger partial charge in [0.1, 0.15) is 17.2 Å². The second-order valence-corrected chi connectivity index (χ2v) is 6.65. The van der Waals surface area contributed by atoms with Crippen LogP contribution in [0.15, 0.2) is 65.1 Å². The van der Waals surface area contributed by atoms with Gasteiger partial charge in [0.2, 0.25) is 0 Å². The second-order valence-electron chi connectivity index (χ2n) is 6.65. The third-order valence-corrected chi connectivity index (χ3v) is 4.75. The molecule has 0 aliphatic carbocycles. The van der Waals surface area contributed by atoms with Crippen LogP contribution in [0.1, 0.15) is 16.7 Å². The average molecular weight is 330 g/mol. The van der Waals surface area contributed by atoms with E-state index in [1.54, 1.807) is 12.1 Å². The summed E-state index contributed by atoms with van der Waals surface area (Å²) >= 11 is 0. The van der Waals surface area contributed by atoms with Gasteiger partial charge in [-0.05, 0) is 73.4 Å². The zero-order valence-electron chi connectivity index (χ0n) is 14.6. The summed E-state index contributed by atoms with van der Waals surface area (Å²) in [4.78, 5) is 0. The third-order valence-electron chi connectivity index (χ3n) is 4.75. The summed E-state index contributed by atoms with van der Waals surface area (Å²) in [6.07, 6.45) is 0. The molecule has 0 N–H and O–H groups in total. The van der Waals surface area contributed by atoms with Gasteiger partial charge in [-0.1, -0.05) is 35.9 Å². The van der Waals surface area contributed by atoms with E-state index < -0.39 is 0 Å². The van der Waals surface area contributed by atoms with Crippen LogP contribution in [0.5, 0.6) is 0 Å². The molecule has 0 spiro atoms. The van der Waals surface area contributed by atoms with E-state index in [0.29, 0.717) is 11.3 Å². The van der Waals surface area contributed by atoms with E-state index in [9.17, 15) is 4.39 Å². The maximum Gasteiger partial charge on any atom is 0.138 e. The topological polar surface area (TPSA) is 13.1 Å². The first-order chi connectivity index (χ1) is 12.0. The number of halogens is 1. The molecule has 3 aromatic carbocycles. The van der Waals surface area contributed by atoms with Crippen molar-refractivity contribution in [1.29, 1.82) is 0 Å². The lowest BCUT2D eigenvalue weighted by molar-refractivity contribution is 0.602. The van der Waals surface area contributed by atoms with Crippen LogP contribution in [0.25, 0.3) is 33.4 Å². The van der Waals surface area contributed by atoms with Gasteiger partial charge in [-0.3, -0.25) is 0 Å². The van der Waals surface area contributed by atoms with E-state index in [1.165, 1.54) is 11.1 Å². The number of rotatable bonds is 2. The first-order valence-electron chi connectivity index (χ1n) is 8.39. The van der Waals surface area contributed by atoms with Crippen LogP contribution in [0, 0.1) is 26.6 Å². The second kappa shape index (κ2) is 5.89. The SMILES string of the molecule is Cc1ccc2oc(-c3ccc(-c4ccc(C)c(C)c4)cc3F)cc2c1. The molecule has 4 rings (SSSR count). The van der Waals surface area contributed by atoms with Crippen molar-refractivity contribution in [3.05, 3.63) is 83.2 Å². The smallest absolute Gasteiger partial charge is 0.138 e. The summed E-state index contributed by atoms with van der Waals surface area (Å²) in [6, 6.07) is 19.4. The largest absolute Gasteiger partial charge is 0.456 e. The Morgan fingerprint density at radius 3 is 2.24 bits per heavy atom. The van der Waals surface area contributed by atoms with Crippen molar-refractivity contribution in [3.63, 3.8) is 0 Å². The molecule has 124 valence electrons. The molecule has 1 nitrogen and oxygen atoms in total. The zero-order valence-corrected chi connectivity index (χ0v) is 14.6. The molecule has 25 heavy (non-hydrogen) atoms. The Labute approximate surface area is 146 Å². The molecule has 0 saturated heterocycles. The Morgan fingerprint density at radius 2 is 1.48 bits per heavy atom. The summed E-state index contributed by atoms with van der Waals surface area (Å²) in [5, 5.41) is 0.993. The lowest BCUT2D eigenvalue weighted by atomic mass is 9.99. The van der Waals surface area contributed by atoms with Gasteiger partial charge in [-0.2, -0.15) is 0 Å². The van der Waals surface area contributed by atoms with Crippen LogP contribution >= 0.6 is 0 Å². The molecule has 0 unspecified atom stereocenters. The molecule has 0 saturated carbocycles. The number of hydrogen-bond acceptors (Lipinski definition) is 1. The van der Waals surface area contributed by atoms with Crippen LogP contribution in [-0.4, -0.2) is 0 Å². The van der Waals surface area contributed by atoms with Gasteiger partial charge < -0.3 is 4.42 Å². The highest BCUT2D eigenvalue weighted by Gasteiger charge is 2.12. The lowest BCUT2D eigenvalue weighted by Crippen LogP contribution is -1.87. The van der Waals surface area contributed by atoms with Crippen molar-refractivity contribution in [1.82, 2.24) is 0 Å². The van der Waals surface area contributed by atoms with Crippen molar-refractivity contribution in [2.24, 2.45) is 0 Å². The summed E-state index contributed by atoms with van der Waals surface area (Å²) in [5.74, 6) is 0.288. The van der Waals surface area contributed by atoms with Crippen LogP contribution in [0.4, 0.5) is 4.39 Å². The fourth-order valence-electron chi connectivity index (χ4n) is 3.11. The molecule has 0 aliphatic rings. The molecule has 4 aromatic rings. The summed E-state index contributed by atoms with van der Waals surface area (Å²) in [6.45, 7) is 6.18. The van der Waals surface area contributed by atoms with E-state index in [1.807, 2.05) is 43.3 Å². The summed E-state index contributed by atoms with van der Waals surface area (Å²) < 4.78 is 20.6. The zero-order chi connectivity index (χ0) is 17.6. The average Bonchev–Trinajstić information content (AvgIpc) is 3.00. The number of hydrogen-bond donors (Lipinski definition) is 0. The fraction of sp³-hybridized carbons (Fsp3) is 0.130.